The molecule has 1 atom stereocenters. The lowest BCUT2D eigenvalue weighted by molar-refractivity contribution is -0.118. The predicted octanol–water partition coefficient (Wildman–Crippen LogP) is 1.77. The summed E-state index contributed by atoms with van der Waals surface area (Å²) < 4.78 is 0. The molecule has 1 unspecified atom stereocenters. The van der Waals surface area contributed by atoms with Gasteiger partial charge in [0.2, 0.25) is 0 Å². The molecule has 3 heteroatoms. The van der Waals surface area contributed by atoms with Crippen LogP contribution in [0.5, 0.6) is 0 Å². The molecule has 0 spiro atoms. The number of rotatable bonds is 6. The van der Waals surface area contributed by atoms with Crippen molar-refractivity contribution in [2.75, 3.05) is 27.7 Å². The van der Waals surface area contributed by atoms with Crippen LogP contribution in [-0.4, -0.2) is 54.9 Å². The summed E-state index contributed by atoms with van der Waals surface area (Å²) in [5.74, 6) is 0.284. The lowest BCUT2D eigenvalue weighted by atomic mass is 9.75. The van der Waals surface area contributed by atoms with Crippen LogP contribution in [0.4, 0.5) is 0 Å². The molecular weight excluding hydrogens is 200 g/mol. The van der Waals surface area contributed by atoms with E-state index in [1.165, 1.54) is 19.3 Å². The second kappa shape index (κ2) is 5.28. The fourth-order valence-electron chi connectivity index (χ4n) is 2.52. The van der Waals surface area contributed by atoms with E-state index < -0.39 is 0 Å². The van der Waals surface area contributed by atoms with E-state index in [2.05, 4.69) is 37.9 Å². The van der Waals surface area contributed by atoms with E-state index in [4.69, 9.17) is 0 Å². The molecule has 16 heavy (non-hydrogen) atoms. The minimum atomic E-state index is 0.284. The molecule has 0 N–H and O–H groups in total. The first-order valence-corrected chi connectivity index (χ1v) is 6.24. The number of nitrogens with zero attached hydrogens (tertiary/aromatic N) is 2. The van der Waals surface area contributed by atoms with E-state index in [0.717, 1.165) is 6.54 Å². The Morgan fingerprint density at radius 3 is 2.19 bits per heavy atom. The van der Waals surface area contributed by atoms with E-state index in [0.29, 0.717) is 18.0 Å². The lowest BCUT2D eigenvalue weighted by Crippen LogP contribution is -2.57. The quantitative estimate of drug-likeness (QED) is 0.689. The van der Waals surface area contributed by atoms with E-state index in [1.807, 2.05) is 0 Å². The Morgan fingerprint density at radius 1 is 1.31 bits per heavy atom. The molecule has 1 fully saturated rings. The monoisotopic (exact) mass is 226 g/mol. The average molecular weight is 226 g/mol. The maximum absolute atomic E-state index is 11.1. The third-order valence-corrected chi connectivity index (χ3v) is 4.11. The molecule has 0 aliphatic heterocycles. The second-order valence-electron chi connectivity index (χ2n) is 5.64. The Kier molecular flexibility index (Phi) is 4.51. The van der Waals surface area contributed by atoms with E-state index in [1.54, 1.807) is 6.92 Å². The van der Waals surface area contributed by atoms with Crippen molar-refractivity contribution < 1.29 is 4.79 Å². The summed E-state index contributed by atoms with van der Waals surface area (Å²) in [6, 6.07) is 0.356. The summed E-state index contributed by atoms with van der Waals surface area (Å²) in [6.45, 7) is 4.90. The third kappa shape index (κ3) is 3.05. The van der Waals surface area contributed by atoms with Gasteiger partial charge in [-0.05, 0) is 54.3 Å². The van der Waals surface area contributed by atoms with Gasteiger partial charge in [0.1, 0.15) is 5.78 Å². The summed E-state index contributed by atoms with van der Waals surface area (Å²) in [4.78, 5) is 15.8. The zero-order chi connectivity index (χ0) is 12.3. The van der Waals surface area contributed by atoms with Crippen molar-refractivity contribution in [1.82, 2.24) is 9.80 Å². The van der Waals surface area contributed by atoms with Gasteiger partial charge >= 0.3 is 0 Å². The molecule has 0 aromatic heterocycles. The van der Waals surface area contributed by atoms with Crippen LogP contribution in [-0.2, 0) is 4.79 Å². The van der Waals surface area contributed by atoms with Gasteiger partial charge < -0.3 is 9.80 Å². The molecule has 94 valence electrons. The topological polar surface area (TPSA) is 23.6 Å². The van der Waals surface area contributed by atoms with Crippen molar-refractivity contribution in [3.8, 4) is 0 Å². The molecule has 0 aromatic rings. The van der Waals surface area contributed by atoms with Gasteiger partial charge in [-0.25, -0.2) is 0 Å². The highest BCUT2D eigenvalue weighted by atomic mass is 16.1. The molecule has 1 aliphatic carbocycles. The van der Waals surface area contributed by atoms with Crippen LogP contribution in [0.1, 0.15) is 39.5 Å². The maximum atomic E-state index is 11.1. The van der Waals surface area contributed by atoms with E-state index in [9.17, 15) is 4.79 Å². The highest BCUT2D eigenvalue weighted by Crippen LogP contribution is 2.36. The minimum absolute atomic E-state index is 0.284. The minimum Gasteiger partial charge on any atom is -0.302 e. The molecule has 1 rings (SSSR count). The number of hydrogen-bond acceptors (Lipinski definition) is 3. The normalized spacial score (nSPS) is 20.9. The number of carbonyl (C=O) groups excluding carboxylic acids is 1. The van der Waals surface area contributed by atoms with E-state index >= 15 is 0 Å². The molecule has 3 nitrogen and oxygen atoms in total. The Morgan fingerprint density at radius 2 is 1.88 bits per heavy atom. The average Bonchev–Trinajstić information content (AvgIpc) is 2.08. The van der Waals surface area contributed by atoms with Crippen LogP contribution in [0, 0.1) is 0 Å². The molecule has 1 aliphatic rings. The molecule has 0 aromatic carbocycles. The number of likely N-dealkylation sites (N-methyl/N-ethyl adjacent to an activating group) is 2. The summed E-state index contributed by atoms with van der Waals surface area (Å²) in [5, 5.41) is 0. The van der Waals surface area contributed by atoms with Gasteiger partial charge in [0, 0.05) is 24.5 Å². The Balaban J connectivity index is 2.49. The first-order chi connectivity index (χ1) is 7.37. The Bertz CT molecular complexity index is 246. The third-order valence-electron chi connectivity index (χ3n) is 4.11. The molecule has 0 bridgehead atoms. The van der Waals surface area contributed by atoms with Crippen molar-refractivity contribution in [3.05, 3.63) is 0 Å². The Hall–Kier alpha value is -0.410. The number of carbonyl (C=O) groups is 1. The largest absolute Gasteiger partial charge is 0.302 e. The smallest absolute Gasteiger partial charge is 0.131 e. The van der Waals surface area contributed by atoms with Crippen molar-refractivity contribution in [2.24, 2.45) is 0 Å². The Labute approximate surface area is 99.8 Å². The van der Waals surface area contributed by atoms with Gasteiger partial charge in [-0.1, -0.05) is 0 Å². The molecular formula is C13H26N2O. The first kappa shape index (κ1) is 13.7. The van der Waals surface area contributed by atoms with E-state index in [-0.39, 0.29) is 5.78 Å². The van der Waals surface area contributed by atoms with Crippen LogP contribution in [0.25, 0.3) is 0 Å². The van der Waals surface area contributed by atoms with Crippen molar-refractivity contribution in [3.63, 3.8) is 0 Å². The predicted molar refractivity (Wildman–Crippen MR) is 67.7 cm³/mol. The highest BCUT2D eigenvalue weighted by molar-refractivity contribution is 5.76. The fraction of sp³-hybridized carbons (Fsp3) is 0.923. The van der Waals surface area contributed by atoms with Crippen LogP contribution < -0.4 is 0 Å². The molecule has 0 radical (unpaired) electrons. The van der Waals surface area contributed by atoms with Crippen LogP contribution >= 0.6 is 0 Å². The number of ketones is 1. The van der Waals surface area contributed by atoms with Gasteiger partial charge in [0.05, 0.1) is 0 Å². The van der Waals surface area contributed by atoms with Gasteiger partial charge in [-0.2, -0.15) is 0 Å². The maximum Gasteiger partial charge on any atom is 0.131 e. The standard InChI is InChI=1S/C13H26N2O/c1-11(9-12(2)16)15(5)10-13(14(3)4)7-6-8-13/h11H,6-10H2,1-5H3. The number of hydrogen-bond donors (Lipinski definition) is 0. The first-order valence-electron chi connectivity index (χ1n) is 6.24. The summed E-state index contributed by atoms with van der Waals surface area (Å²) in [5.41, 5.74) is 0.361. The van der Waals surface area contributed by atoms with Gasteiger partial charge in [-0.3, -0.25) is 4.79 Å². The van der Waals surface area contributed by atoms with Gasteiger partial charge in [-0.15, -0.1) is 0 Å². The van der Waals surface area contributed by atoms with Gasteiger partial charge in [0.15, 0.2) is 0 Å². The molecule has 1 saturated carbocycles. The molecule has 0 saturated heterocycles. The lowest BCUT2D eigenvalue weighted by Gasteiger charge is -2.50. The van der Waals surface area contributed by atoms with Gasteiger partial charge in [0.25, 0.3) is 0 Å². The van der Waals surface area contributed by atoms with Crippen molar-refractivity contribution in [2.45, 2.75) is 51.1 Å². The zero-order valence-electron chi connectivity index (χ0n) is 11.4. The summed E-state index contributed by atoms with van der Waals surface area (Å²) >= 11 is 0. The summed E-state index contributed by atoms with van der Waals surface area (Å²) in [7, 11) is 6.47. The van der Waals surface area contributed by atoms with Crippen LogP contribution in [0.2, 0.25) is 0 Å². The molecule has 0 amide bonds. The van der Waals surface area contributed by atoms with Crippen LogP contribution in [0.15, 0.2) is 0 Å². The van der Waals surface area contributed by atoms with Crippen molar-refractivity contribution in [1.29, 1.82) is 0 Å². The summed E-state index contributed by atoms with van der Waals surface area (Å²) in [6.07, 6.45) is 4.58. The second-order valence-corrected chi connectivity index (χ2v) is 5.64. The van der Waals surface area contributed by atoms with Crippen molar-refractivity contribution >= 4 is 5.78 Å². The molecule has 0 heterocycles. The van der Waals surface area contributed by atoms with Crippen LogP contribution in [0.3, 0.4) is 0 Å². The fourth-order valence-corrected chi connectivity index (χ4v) is 2.52. The number of Topliss-reactive ketones (excluding diaryl/α,β-unsaturated/α-hetero) is 1. The highest BCUT2D eigenvalue weighted by Gasteiger charge is 2.40. The zero-order valence-corrected chi connectivity index (χ0v) is 11.4. The SMILES string of the molecule is CC(=O)CC(C)N(C)CC1(N(C)C)CCC1.